The lowest BCUT2D eigenvalue weighted by Gasteiger charge is -2.28. The number of thiazole rings is 2. The van der Waals surface area contributed by atoms with Crippen LogP contribution in [-0.4, -0.2) is 99.0 Å². The van der Waals surface area contributed by atoms with E-state index < -0.39 is 42.4 Å². The van der Waals surface area contributed by atoms with E-state index in [-0.39, 0.29) is 45.9 Å². The van der Waals surface area contributed by atoms with Crippen molar-refractivity contribution >= 4 is 77.5 Å². The van der Waals surface area contributed by atoms with Crippen LogP contribution in [0, 0.1) is 0 Å². The van der Waals surface area contributed by atoms with Crippen LogP contribution in [0.4, 0.5) is 32.6 Å². The third kappa shape index (κ3) is 13.3. The molecule has 1 unspecified atom stereocenters. The molecule has 2 aliphatic rings. The van der Waals surface area contributed by atoms with Crippen LogP contribution >= 0.6 is 22.7 Å². The van der Waals surface area contributed by atoms with Gasteiger partial charge in [0.05, 0.1) is 52.4 Å². The van der Waals surface area contributed by atoms with E-state index in [2.05, 4.69) is 41.8 Å². The van der Waals surface area contributed by atoms with Gasteiger partial charge in [-0.25, -0.2) is 36.4 Å². The third-order valence-corrected chi connectivity index (χ3v) is 20.2. The number of amides is 2. The highest BCUT2D eigenvalue weighted by atomic mass is 32.2. The molecular formula is C51H67N11O8S4. The number of hydrogen-bond donors (Lipinski definition) is 5. The molecule has 4 heterocycles. The fourth-order valence-electron chi connectivity index (χ4n) is 9.23. The number of rotatable bonds is 19. The van der Waals surface area contributed by atoms with Gasteiger partial charge in [-0.1, -0.05) is 17.3 Å². The maximum Gasteiger partial charge on any atom is 0.407 e. The molecule has 74 heavy (non-hydrogen) atoms. The van der Waals surface area contributed by atoms with E-state index in [1.807, 2.05) is 51.1 Å². The Hall–Kier alpha value is -5.91. The summed E-state index contributed by atoms with van der Waals surface area (Å²) in [5.74, 6) is 1.43. The molecule has 23 heteroatoms. The van der Waals surface area contributed by atoms with Crippen LogP contribution in [0.3, 0.4) is 0 Å². The van der Waals surface area contributed by atoms with E-state index in [1.54, 1.807) is 70.1 Å². The Balaban J connectivity index is 0.807. The van der Waals surface area contributed by atoms with Crippen LogP contribution in [0.5, 0.6) is 0 Å². The summed E-state index contributed by atoms with van der Waals surface area (Å²) in [5, 5.41) is 28.5. The molecule has 2 amide bonds. The molecule has 8 rings (SSSR count). The number of hydrogen-bond acceptors (Lipinski definition) is 17. The lowest BCUT2D eigenvalue weighted by Crippen LogP contribution is -2.39. The summed E-state index contributed by atoms with van der Waals surface area (Å²) in [6.45, 7) is 12.2. The van der Waals surface area contributed by atoms with Gasteiger partial charge in [-0.2, -0.15) is 5.10 Å². The summed E-state index contributed by atoms with van der Waals surface area (Å²) in [5.41, 5.74) is 3.19. The quantitative estimate of drug-likeness (QED) is 0.0506. The van der Waals surface area contributed by atoms with Gasteiger partial charge < -0.3 is 30.7 Å². The monoisotopic (exact) mass is 1090 g/mol. The second-order valence-corrected chi connectivity index (χ2v) is 27.2. The van der Waals surface area contributed by atoms with Gasteiger partial charge in [-0.15, -0.1) is 27.8 Å². The van der Waals surface area contributed by atoms with Gasteiger partial charge >= 0.3 is 12.2 Å². The SMILES string of the molecule is CC(C)OC(=O)NC1CCC(c2ncc(-c3ccc(Nc4cc(CCC(C)OC(=O)N[C@H]5CC[C@H](c6ncc(-c7ccc(Nc8cn(C)nn8)cc7S(=O)(=O)C(C)C)s6)CC5)[nH]n4)cc3S(=O)(=O)C(C)C)s2)CC1. The number of H-pyrrole nitrogens is 1. The number of ether oxygens (including phenoxy) is 2. The number of alkyl carbamates (subject to hydrolysis) is 2. The zero-order valence-electron chi connectivity index (χ0n) is 43.0. The standard InChI is InChI=1S/C51H67N11O8S4/c1-29(2)69-50(63)56-35-15-10-33(11-16-35)48-52-26-42(71-48)40-21-19-37(23-44(40)73(65,66)30(3)4)54-46-25-39(58-59-46)14-9-32(7)70-51(64)57-36-17-12-34(13-18-36)49-53-27-43(72-49)41-22-20-38(55-47-28-62(8)61-60-47)24-45(41)74(67,68)31(5)6/h19-36,55H,9-18H2,1-8H3,(H,56,63)(H,57,64)(H2,54,58,59)/t32?,33?,34-,35?,36-. The Morgan fingerprint density at radius 3 is 1.64 bits per heavy atom. The van der Waals surface area contributed by atoms with E-state index in [1.165, 1.54) is 22.7 Å². The van der Waals surface area contributed by atoms with Gasteiger partial charge in [0, 0.05) is 77.6 Å². The number of carbonyl (C=O) groups is 2. The normalized spacial score (nSPS) is 18.9. The first kappa shape index (κ1) is 54.4. The first-order valence-electron chi connectivity index (χ1n) is 25.3. The van der Waals surface area contributed by atoms with E-state index >= 15 is 0 Å². The lowest BCUT2D eigenvalue weighted by atomic mass is 9.86. The number of nitrogens with zero attached hydrogens (tertiary/aromatic N) is 6. The number of aromatic amines is 1. The molecule has 2 aliphatic carbocycles. The van der Waals surface area contributed by atoms with Crippen molar-refractivity contribution in [3.63, 3.8) is 0 Å². The number of carbonyl (C=O) groups excluding carboxylic acids is 2. The summed E-state index contributed by atoms with van der Waals surface area (Å²) < 4.78 is 67.4. The maximum atomic E-state index is 13.8. The molecule has 0 radical (unpaired) electrons. The minimum Gasteiger partial charge on any atom is -0.447 e. The molecule has 5 N–H and O–H groups in total. The Bertz CT molecular complexity index is 3130. The number of anilines is 4. The summed E-state index contributed by atoms with van der Waals surface area (Å²) in [6, 6.07) is 12.5. The minimum absolute atomic E-state index is 0.0447. The summed E-state index contributed by atoms with van der Waals surface area (Å²) >= 11 is 3.02. The molecule has 0 aliphatic heterocycles. The molecule has 2 saturated carbocycles. The molecule has 0 bridgehead atoms. The number of aryl methyl sites for hydroxylation is 2. The molecule has 19 nitrogen and oxygen atoms in total. The van der Waals surface area contributed by atoms with Crippen molar-refractivity contribution in [3.05, 3.63) is 76.8 Å². The smallest absolute Gasteiger partial charge is 0.407 e. The second kappa shape index (κ2) is 23.3. The van der Waals surface area contributed by atoms with Crippen LogP contribution in [0.15, 0.2) is 70.8 Å². The molecule has 0 spiro atoms. The Labute approximate surface area is 441 Å². The molecule has 4 aromatic heterocycles. The van der Waals surface area contributed by atoms with Crippen LogP contribution in [0.2, 0.25) is 0 Å². The number of sulfone groups is 2. The van der Waals surface area contributed by atoms with Gasteiger partial charge in [0.15, 0.2) is 31.3 Å². The number of nitrogens with one attached hydrogen (secondary N) is 5. The fourth-order valence-corrected chi connectivity index (χ4v) is 14.2. The van der Waals surface area contributed by atoms with Crippen molar-refractivity contribution in [2.75, 3.05) is 10.6 Å². The van der Waals surface area contributed by atoms with Crippen LogP contribution < -0.4 is 21.3 Å². The highest BCUT2D eigenvalue weighted by molar-refractivity contribution is 7.92. The van der Waals surface area contributed by atoms with Crippen LogP contribution in [0.1, 0.15) is 134 Å². The molecule has 6 aromatic rings. The highest BCUT2D eigenvalue weighted by Gasteiger charge is 2.31. The predicted octanol–water partition coefficient (Wildman–Crippen LogP) is 10.6. The molecular weight excluding hydrogens is 1020 g/mol. The van der Waals surface area contributed by atoms with Crippen molar-refractivity contribution in [2.24, 2.45) is 7.05 Å². The van der Waals surface area contributed by atoms with Crippen LogP contribution in [0.25, 0.3) is 20.9 Å². The van der Waals surface area contributed by atoms with Crippen molar-refractivity contribution < 1.29 is 35.9 Å². The van der Waals surface area contributed by atoms with Gasteiger partial charge in [0.2, 0.25) is 0 Å². The first-order valence-corrected chi connectivity index (χ1v) is 30.0. The number of benzene rings is 2. The zero-order chi connectivity index (χ0) is 52.9. The molecule has 1 atom stereocenters. The van der Waals surface area contributed by atoms with E-state index in [0.29, 0.717) is 47.0 Å². The molecule has 0 saturated heterocycles. The maximum absolute atomic E-state index is 13.8. The highest BCUT2D eigenvalue weighted by Crippen LogP contribution is 2.43. The number of aromatic nitrogens is 7. The molecule has 2 aromatic carbocycles. The van der Waals surface area contributed by atoms with E-state index in [4.69, 9.17) is 19.4 Å². The second-order valence-electron chi connectivity index (χ2n) is 20.1. The largest absolute Gasteiger partial charge is 0.447 e. The summed E-state index contributed by atoms with van der Waals surface area (Å²) in [6.07, 6.45) is 11.4. The van der Waals surface area contributed by atoms with E-state index in [0.717, 1.165) is 76.8 Å². The van der Waals surface area contributed by atoms with Crippen molar-refractivity contribution in [2.45, 2.75) is 169 Å². The topological polar surface area (TPSA) is 254 Å². The third-order valence-electron chi connectivity index (χ3n) is 13.4. The average molecular weight is 1090 g/mol. The van der Waals surface area contributed by atoms with Crippen molar-refractivity contribution in [3.8, 4) is 20.9 Å². The van der Waals surface area contributed by atoms with Crippen LogP contribution in [-0.2, 0) is 42.6 Å². The lowest BCUT2D eigenvalue weighted by molar-refractivity contribution is 0.0967. The van der Waals surface area contributed by atoms with Crippen molar-refractivity contribution in [1.82, 2.24) is 45.8 Å². The van der Waals surface area contributed by atoms with E-state index in [9.17, 15) is 26.4 Å². The summed E-state index contributed by atoms with van der Waals surface area (Å²) in [7, 11) is -5.58. The zero-order valence-corrected chi connectivity index (χ0v) is 46.3. The fraction of sp³-hybridized carbons (Fsp3) is 0.510. The Kier molecular flexibility index (Phi) is 17.1. The average Bonchev–Trinajstić information content (AvgIpc) is 4.20. The van der Waals surface area contributed by atoms with Gasteiger partial charge in [0.25, 0.3) is 0 Å². The Morgan fingerprint density at radius 1 is 0.689 bits per heavy atom. The van der Waals surface area contributed by atoms with Gasteiger partial charge in [-0.05, 0) is 137 Å². The Morgan fingerprint density at radius 2 is 1.18 bits per heavy atom. The molecule has 398 valence electrons. The minimum atomic E-state index is -3.69. The van der Waals surface area contributed by atoms with Crippen molar-refractivity contribution in [1.29, 1.82) is 0 Å². The summed E-state index contributed by atoms with van der Waals surface area (Å²) in [4.78, 5) is 36.7. The predicted molar refractivity (Wildman–Crippen MR) is 288 cm³/mol. The van der Waals surface area contributed by atoms with Gasteiger partial charge in [-0.3, -0.25) is 9.78 Å². The van der Waals surface area contributed by atoms with Gasteiger partial charge in [0.1, 0.15) is 6.10 Å². The first-order chi connectivity index (χ1) is 35.2. The molecule has 2 fully saturated rings.